The molecular weight excluding hydrogens is 318 g/mol. The van der Waals surface area contributed by atoms with E-state index >= 15 is 0 Å². The highest BCUT2D eigenvalue weighted by molar-refractivity contribution is 5.77. The molecule has 138 valence electrons. The van der Waals surface area contributed by atoms with E-state index in [0.29, 0.717) is 19.5 Å². The summed E-state index contributed by atoms with van der Waals surface area (Å²) in [6.07, 6.45) is 4.52. The van der Waals surface area contributed by atoms with Crippen molar-refractivity contribution in [3.8, 4) is 0 Å². The number of hydrogen-bond acceptors (Lipinski definition) is 4. The lowest BCUT2D eigenvalue weighted by molar-refractivity contribution is -0.142. The highest BCUT2D eigenvalue weighted by Crippen LogP contribution is 2.15. The van der Waals surface area contributed by atoms with Crippen LogP contribution < -0.4 is 0 Å². The maximum atomic E-state index is 12.6. The van der Waals surface area contributed by atoms with Gasteiger partial charge in [0.2, 0.25) is 5.91 Å². The molecule has 1 aliphatic heterocycles. The van der Waals surface area contributed by atoms with Gasteiger partial charge in [0.25, 0.3) is 0 Å². The van der Waals surface area contributed by atoms with Crippen molar-refractivity contribution < 1.29 is 19.1 Å². The van der Waals surface area contributed by atoms with Gasteiger partial charge < -0.3 is 14.4 Å². The molecule has 1 heterocycles. The molecule has 0 aliphatic carbocycles. The Kier molecular flexibility index (Phi) is 7.92. The average Bonchev–Trinajstić information content (AvgIpc) is 3.13. The molecule has 1 aromatic carbocycles. The first kappa shape index (κ1) is 19.4. The van der Waals surface area contributed by atoms with Crippen LogP contribution in [0.15, 0.2) is 24.3 Å². The van der Waals surface area contributed by atoms with Crippen molar-refractivity contribution >= 4 is 11.9 Å². The van der Waals surface area contributed by atoms with Crippen molar-refractivity contribution in [1.29, 1.82) is 0 Å². The minimum Gasteiger partial charge on any atom is -0.469 e. The minimum absolute atomic E-state index is 0.0894. The van der Waals surface area contributed by atoms with E-state index in [9.17, 15) is 9.59 Å². The van der Waals surface area contributed by atoms with Crippen molar-refractivity contribution in [3.63, 3.8) is 0 Å². The average molecular weight is 347 g/mol. The van der Waals surface area contributed by atoms with Crippen LogP contribution in [-0.4, -0.2) is 49.7 Å². The van der Waals surface area contributed by atoms with E-state index in [4.69, 9.17) is 9.47 Å². The van der Waals surface area contributed by atoms with Crippen molar-refractivity contribution in [1.82, 2.24) is 4.90 Å². The van der Waals surface area contributed by atoms with Crippen LogP contribution >= 0.6 is 0 Å². The van der Waals surface area contributed by atoms with E-state index in [2.05, 4.69) is 31.2 Å². The summed E-state index contributed by atoms with van der Waals surface area (Å²) in [6, 6.07) is 8.41. The number of hydrogen-bond donors (Lipinski definition) is 0. The predicted octanol–water partition coefficient (Wildman–Crippen LogP) is 2.89. The molecule has 1 atom stereocenters. The van der Waals surface area contributed by atoms with E-state index in [0.717, 1.165) is 32.3 Å². The third-order valence-corrected chi connectivity index (χ3v) is 4.59. The van der Waals surface area contributed by atoms with Crippen LogP contribution in [0.2, 0.25) is 0 Å². The maximum absolute atomic E-state index is 12.6. The van der Waals surface area contributed by atoms with E-state index in [1.54, 1.807) is 4.90 Å². The van der Waals surface area contributed by atoms with Crippen LogP contribution in [0.4, 0.5) is 0 Å². The van der Waals surface area contributed by atoms with Gasteiger partial charge in [0, 0.05) is 26.1 Å². The lowest BCUT2D eigenvalue weighted by atomic mass is 10.1. The summed E-state index contributed by atoms with van der Waals surface area (Å²) in [5.41, 5.74) is 2.49. The van der Waals surface area contributed by atoms with Crippen molar-refractivity contribution in [2.24, 2.45) is 0 Å². The van der Waals surface area contributed by atoms with Gasteiger partial charge in [0.05, 0.1) is 19.6 Å². The van der Waals surface area contributed by atoms with Gasteiger partial charge in [-0.2, -0.15) is 0 Å². The number of nitrogens with zero attached hydrogens (tertiary/aromatic N) is 1. The Morgan fingerprint density at radius 3 is 2.64 bits per heavy atom. The Balaban J connectivity index is 1.82. The SMILES string of the molecule is COC(=O)CCN(CC1CCCO1)C(=O)CCCc1ccc(C)cc1. The molecule has 0 radical (unpaired) electrons. The molecule has 1 aliphatic rings. The number of rotatable bonds is 9. The second-order valence-corrected chi connectivity index (χ2v) is 6.64. The Morgan fingerprint density at radius 2 is 2.00 bits per heavy atom. The van der Waals surface area contributed by atoms with E-state index < -0.39 is 0 Å². The number of carbonyl (C=O) groups excluding carboxylic acids is 2. The predicted molar refractivity (Wildman–Crippen MR) is 96.3 cm³/mol. The summed E-state index contributed by atoms with van der Waals surface area (Å²) in [6.45, 7) is 3.80. The molecule has 1 amide bonds. The zero-order valence-electron chi connectivity index (χ0n) is 15.3. The molecule has 0 aromatic heterocycles. The number of aryl methyl sites for hydroxylation is 2. The van der Waals surface area contributed by atoms with Gasteiger partial charge in [-0.1, -0.05) is 29.8 Å². The van der Waals surface area contributed by atoms with Crippen LogP contribution in [-0.2, 0) is 25.5 Å². The summed E-state index contributed by atoms with van der Waals surface area (Å²) < 4.78 is 10.3. The minimum atomic E-state index is -0.287. The van der Waals surface area contributed by atoms with Crippen LogP contribution in [0.1, 0.15) is 43.2 Å². The van der Waals surface area contributed by atoms with Crippen molar-refractivity contribution in [3.05, 3.63) is 35.4 Å². The van der Waals surface area contributed by atoms with Crippen molar-refractivity contribution in [2.45, 2.75) is 51.6 Å². The summed E-state index contributed by atoms with van der Waals surface area (Å²) in [5, 5.41) is 0. The molecule has 1 saturated heterocycles. The number of esters is 1. The van der Waals surface area contributed by atoms with E-state index in [1.165, 1.54) is 18.2 Å². The fourth-order valence-corrected chi connectivity index (χ4v) is 3.04. The molecule has 0 saturated carbocycles. The number of methoxy groups -OCH3 is 1. The highest BCUT2D eigenvalue weighted by Gasteiger charge is 2.23. The van der Waals surface area contributed by atoms with Crippen LogP contribution in [0.3, 0.4) is 0 Å². The van der Waals surface area contributed by atoms with Gasteiger partial charge >= 0.3 is 5.97 Å². The largest absolute Gasteiger partial charge is 0.469 e. The van der Waals surface area contributed by atoms with Crippen LogP contribution in [0.25, 0.3) is 0 Å². The number of ether oxygens (including phenoxy) is 2. The van der Waals surface area contributed by atoms with Crippen molar-refractivity contribution in [2.75, 3.05) is 26.8 Å². The monoisotopic (exact) mass is 347 g/mol. The van der Waals surface area contributed by atoms with Gasteiger partial charge in [-0.05, 0) is 38.2 Å². The Bertz CT molecular complexity index is 549. The molecule has 0 spiro atoms. The molecule has 5 nitrogen and oxygen atoms in total. The molecule has 0 N–H and O–H groups in total. The Morgan fingerprint density at radius 1 is 1.24 bits per heavy atom. The molecule has 1 unspecified atom stereocenters. The van der Waals surface area contributed by atoms with Crippen LogP contribution in [0.5, 0.6) is 0 Å². The molecule has 1 aromatic rings. The lowest BCUT2D eigenvalue weighted by Crippen LogP contribution is -2.38. The Hall–Kier alpha value is -1.88. The summed E-state index contributed by atoms with van der Waals surface area (Å²) >= 11 is 0. The zero-order chi connectivity index (χ0) is 18.1. The summed E-state index contributed by atoms with van der Waals surface area (Å²) in [7, 11) is 1.37. The zero-order valence-corrected chi connectivity index (χ0v) is 15.3. The lowest BCUT2D eigenvalue weighted by Gasteiger charge is -2.25. The molecule has 0 bridgehead atoms. The van der Waals surface area contributed by atoms with E-state index in [-0.39, 0.29) is 24.4 Å². The topological polar surface area (TPSA) is 55.8 Å². The quantitative estimate of drug-likeness (QED) is 0.645. The van der Waals surface area contributed by atoms with Gasteiger partial charge in [0.15, 0.2) is 0 Å². The number of carbonyl (C=O) groups is 2. The van der Waals surface area contributed by atoms with Gasteiger partial charge in [0.1, 0.15) is 0 Å². The number of amides is 1. The summed E-state index contributed by atoms with van der Waals surface area (Å²) in [5.74, 6) is -0.198. The molecular formula is C20H29NO4. The number of benzene rings is 1. The highest BCUT2D eigenvalue weighted by atomic mass is 16.5. The van der Waals surface area contributed by atoms with Crippen LogP contribution in [0, 0.1) is 6.92 Å². The standard InChI is InChI=1S/C20H29NO4/c1-16-8-10-17(11-9-16)5-3-7-19(22)21(13-12-20(23)24-2)15-18-6-4-14-25-18/h8-11,18H,3-7,12-15H2,1-2H3. The van der Waals surface area contributed by atoms with E-state index in [1.807, 2.05) is 0 Å². The van der Waals surface area contributed by atoms with Gasteiger partial charge in [-0.15, -0.1) is 0 Å². The third kappa shape index (κ3) is 6.86. The fraction of sp³-hybridized carbons (Fsp3) is 0.600. The normalized spacial score (nSPS) is 16.6. The Labute approximate surface area is 150 Å². The third-order valence-electron chi connectivity index (χ3n) is 4.59. The maximum Gasteiger partial charge on any atom is 0.307 e. The second-order valence-electron chi connectivity index (χ2n) is 6.64. The molecule has 1 fully saturated rings. The molecule has 5 heteroatoms. The van der Waals surface area contributed by atoms with Gasteiger partial charge in [-0.3, -0.25) is 9.59 Å². The second kappa shape index (κ2) is 10.2. The first-order valence-corrected chi connectivity index (χ1v) is 9.10. The molecule has 25 heavy (non-hydrogen) atoms. The molecule has 2 rings (SSSR count). The fourth-order valence-electron chi connectivity index (χ4n) is 3.04. The van der Waals surface area contributed by atoms with Gasteiger partial charge in [-0.25, -0.2) is 0 Å². The first-order chi connectivity index (χ1) is 12.1. The first-order valence-electron chi connectivity index (χ1n) is 9.10. The summed E-state index contributed by atoms with van der Waals surface area (Å²) in [4.78, 5) is 25.8. The smallest absolute Gasteiger partial charge is 0.307 e.